The molecule has 0 atom stereocenters. The minimum Gasteiger partial charge on any atom is -0.357 e. The Hall–Kier alpha value is -2.61. The summed E-state index contributed by atoms with van der Waals surface area (Å²) in [5, 5.41) is 3.36. The Kier molecular flexibility index (Phi) is 6.51. The van der Waals surface area contributed by atoms with Gasteiger partial charge in [-0.15, -0.1) is 0 Å². The predicted octanol–water partition coefficient (Wildman–Crippen LogP) is 1.77. The van der Waals surface area contributed by atoms with Gasteiger partial charge >= 0.3 is 0 Å². The SMILES string of the molecule is CCNC(=NCc1ccc(S(C)(=O)=O)cc1)N1CCN(c2ccccn2)CC1. The fraction of sp³-hybridized carbons (Fsp3) is 0.400. The van der Waals surface area contributed by atoms with E-state index in [9.17, 15) is 8.42 Å². The monoisotopic (exact) mass is 401 g/mol. The van der Waals surface area contributed by atoms with Crippen LogP contribution in [0.1, 0.15) is 12.5 Å². The van der Waals surface area contributed by atoms with E-state index in [-0.39, 0.29) is 0 Å². The van der Waals surface area contributed by atoms with Gasteiger partial charge in [-0.25, -0.2) is 18.4 Å². The van der Waals surface area contributed by atoms with Crippen molar-refractivity contribution in [3.8, 4) is 0 Å². The number of hydrogen-bond acceptors (Lipinski definition) is 5. The van der Waals surface area contributed by atoms with E-state index in [4.69, 9.17) is 4.99 Å². The van der Waals surface area contributed by atoms with Crippen LogP contribution in [-0.4, -0.2) is 63.2 Å². The summed E-state index contributed by atoms with van der Waals surface area (Å²) in [5.74, 6) is 1.89. The number of hydrogen-bond donors (Lipinski definition) is 1. The number of aromatic nitrogens is 1. The Morgan fingerprint density at radius 1 is 1.11 bits per heavy atom. The topological polar surface area (TPSA) is 77.9 Å². The van der Waals surface area contributed by atoms with Crippen molar-refractivity contribution in [2.75, 3.05) is 43.9 Å². The number of anilines is 1. The number of benzene rings is 1. The number of nitrogens with zero attached hydrogens (tertiary/aromatic N) is 4. The molecule has 2 aromatic rings. The lowest BCUT2D eigenvalue weighted by Crippen LogP contribution is -2.52. The largest absolute Gasteiger partial charge is 0.357 e. The van der Waals surface area contributed by atoms with Gasteiger partial charge in [-0.05, 0) is 36.8 Å². The van der Waals surface area contributed by atoms with Crippen LogP contribution in [-0.2, 0) is 16.4 Å². The molecule has 0 spiro atoms. The first kappa shape index (κ1) is 20.1. The van der Waals surface area contributed by atoms with E-state index < -0.39 is 9.84 Å². The van der Waals surface area contributed by atoms with Gasteiger partial charge in [0, 0.05) is 45.2 Å². The molecule has 1 saturated heterocycles. The molecule has 3 rings (SSSR count). The molecule has 8 heteroatoms. The Bertz CT molecular complexity index is 890. The standard InChI is InChI=1S/C20H27N5O2S/c1-3-21-20(23-16-17-7-9-18(10-8-17)28(2,26)27)25-14-12-24(13-15-25)19-6-4-5-11-22-19/h4-11H,3,12-16H2,1-2H3,(H,21,23). The summed E-state index contributed by atoms with van der Waals surface area (Å²) in [6.07, 6.45) is 3.04. The van der Waals surface area contributed by atoms with Gasteiger partial charge in [0.25, 0.3) is 0 Å². The van der Waals surface area contributed by atoms with Crippen LogP contribution in [0, 0.1) is 0 Å². The molecule has 28 heavy (non-hydrogen) atoms. The zero-order valence-electron chi connectivity index (χ0n) is 16.4. The highest BCUT2D eigenvalue weighted by Crippen LogP contribution is 2.14. The van der Waals surface area contributed by atoms with Crippen molar-refractivity contribution in [2.45, 2.75) is 18.4 Å². The molecule has 1 fully saturated rings. The Balaban J connectivity index is 1.63. The van der Waals surface area contributed by atoms with Crippen molar-refractivity contribution in [2.24, 2.45) is 4.99 Å². The van der Waals surface area contributed by atoms with Crippen LogP contribution in [0.15, 0.2) is 58.5 Å². The number of pyridine rings is 1. The summed E-state index contributed by atoms with van der Waals surface area (Å²) in [5.41, 5.74) is 0.981. The van der Waals surface area contributed by atoms with Crippen molar-refractivity contribution < 1.29 is 8.42 Å². The van der Waals surface area contributed by atoms with Crippen molar-refractivity contribution >= 4 is 21.6 Å². The van der Waals surface area contributed by atoms with Crippen LogP contribution < -0.4 is 10.2 Å². The summed E-state index contributed by atoms with van der Waals surface area (Å²) >= 11 is 0. The fourth-order valence-electron chi connectivity index (χ4n) is 3.12. The number of sulfone groups is 1. The Morgan fingerprint density at radius 3 is 2.39 bits per heavy atom. The minimum absolute atomic E-state index is 0.331. The maximum atomic E-state index is 11.6. The minimum atomic E-state index is -3.17. The molecule has 2 heterocycles. The van der Waals surface area contributed by atoms with Gasteiger partial charge in [0.2, 0.25) is 0 Å². The number of nitrogens with one attached hydrogen (secondary N) is 1. The van der Waals surface area contributed by atoms with Gasteiger partial charge in [0.15, 0.2) is 15.8 Å². The highest BCUT2D eigenvalue weighted by molar-refractivity contribution is 7.90. The van der Waals surface area contributed by atoms with Gasteiger partial charge in [0.05, 0.1) is 11.4 Å². The second-order valence-electron chi connectivity index (χ2n) is 6.75. The maximum absolute atomic E-state index is 11.6. The molecule has 7 nitrogen and oxygen atoms in total. The number of guanidine groups is 1. The summed E-state index contributed by atoms with van der Waals surface area (Å²) in [7, 11) is -3.17. The van der Waals surface area contributed by atoms with Gasteiger partial charge in [-0.3, -0.25) is 0 Å². The van der Waals surface area contributed by atoms with E-state index >= 15 is 0 Å². The second kappa shape index (κ2) is 9.05. The van der Waals surface area contributed by atoms with Crippen molar-refractivity contribution in [3.63, 3.8) is 0 Å². The van der Waals surface area contributed by atoms with Crippen LogP contribution >= 0.6 is 0 Å². The number of piperazine rings is 1. The zero-order valence-corrected chi connectivity index (χ0v) is 17.2. The van der Waals surface area contributed by atoms with Gasteiger partial charge in [-0.2, -0.15) is 0 Å². The third-order valence-electron chi connectivity index (χ3n) is 4.65. The summed E-state index contributed by atoms with van der Waals surface area (Å²) < 4.78 is 23.2. The molecule has 1 aliphatic rings. The molecule has 0 radical (unpaired) electrons. The highest BCUT2D eigenvalue weighted by atomic mass is 32.2. The third-order valence-corrected chi connectivity index (χ3v) is 5.78. The first-order chi connectivity index (χ1) is 13.5. The number of aliphatic imine (C=N–C) groups is 1. The van der Waals surface area contributed by atoms with Gasteiger partial charge < -0.3 is 15.1 Å². The lowest BCUT2D eigenvalue weighted by atomic mass is 10.2. The average Bonchev–Trinajstić information content (AvgIpc) is 2.71. The lowest BCUT2D eigenvalue weighted by Gasteiger charge is -2.37. The second-order valence-corrected chi connectivity index (χ2v) is 8.76. The molecule has 0 saturated carbocycles. The zero-order chi connectivity index (χ0) is 20.0. The molecule has 0 bridgehead atoms. The first-order valence-electron chi connectivity index (χ1n) is 9.45. The fourth-order valence-corrected chi connectivity index (χ4v) is 3.75. The average molecular weight is 402 g/mol. The van der Waals surface area contributed by atoms with Crippen molar-refractivity contribution in [1.29, 1.82) is 0 Å². The maximum Gasteiger partial charge on any atom is 0.194 e. The van der Waals surface area contributed by atoms with Crippen LogP contribution in [0.25, 0.3) is 0 Å². The van der Waals surface area contributed by atoms with E-state index in [1.54, 1.807) is 12.1 Å². The molecular formula is C20H27N5O2S. The molecule has 1 aromatic carbocycles. The predicted molar refractivity (Wildman–Crippen MR) is 112 cm³/mol. The molecule has 1 aromatic heterocycles. The van der Waals surface area contributed by atoms with Crippen molar-refractivity contribution in [1.82, 2.24) is 15.2 Å². The van der Waals surface area contributed by atoms with E-state index in [0.29, 0.717) is 11.4 Å². The Labute approximate surface area is 167 Å². The van der Waals surface area contributed by atoms with Crippen molar-refractivity contribution in [3.05, 3.63) is 54.2 Å². The van der Waals surface area contributed by atoms with Gasteiger partial charge in [0.1, 0.15) is 5.82 Å². The lowest BCUT2D eigenvalue weighted by molar-refractivity contribution is 0.371. The number of rotatable bonds is 5. The molecule has 150 valence electrons. The van der Waals surface area contributed by atoms with Crippen LogP contribution in [0.4, 0.5) is 5.82 Å². The highest BCUT2D eigenvalue weighted by Gasteiger charge is 2.20. The summed E-state index contributed by atoms with van der Waals surface area (Å²) in [6.45, 7) is 6.89. The normalized spacial score (nSPS) is 15.6. The molecule has 0 amide bonds. The van der Waals surface area contributed by atoms with Crippen LogP contribution in [0.3, 0.4) is 0 Å². The smallest absolute Gasteiger partial charge is 0.194 e. The molecule has 0 aliphatic carbocycles. The summed E-state index contributed by atoms with van der Waals surface area (Å²) in [6, 6.07) is 12.9. The first-order valence-corrected chi connectivity index (χ1v) is 11.3. The quantitative estimate of drug-likeness (QED) is 0.608. The van der Waals surface area contributed by atoms with E-state index in [1.165, 1.54) is 6.26 Å². The van der Waals surface area contributed by atoms with Crippen LogP contribution in [0.2, 0.25) is 0 Å². The third kappa shape index (κ3) is 5.22. The Morgan fingerprint density at radius 2 is 1.82 bits per heavy atom. The molecule has 0 unspecified atom stereocenters. The van der Waals surface area contributed by atoms with Crippen LogP contribution in [0.5, 0.6) is 0 Å². The summed E-state index contributed by atoms with van der Waals surface area (Å²) in [4.78, 5) is 14.0. The molecular weight excluding hydrogens is 374 g/mol. The van der Waals surface area contributed by atoms with E-state index in [0.717, 1.165) is 50.1 Å². The van der Waals surface area contributed by atoms with E-state index in [1.807, 2.05) is 36.5 Å². The molecule has 1 N–H and O–H groups in total. The molecule has 1 aliphatic heterocycles. The van der Waals surface area contributed by atoms with E-state index in [2.05, 4.69) is 27.0 Å². The van der Waals surface area contributed by atoms with Gasteiger partial charge in [-0.1, -0.05) is 18.2 Å².